The monoisotopic (exact) mass is 350 g/mol. The quantitative estimate of drug-likeness (QED) is 0.145. The molecule has 1 fully saturated rings. The number of carboxylic acid groups (broad SMARTS) is 1. The summed E-state index contributed by atoms with van der Waals surface area (Å²) in [6, 6.07) is 0. The zero-order valence-electron chi connectivity index (χ0n) is 12.5. The maximum atomic E-state index is 11.4. The zero-order chi connectivity index (χ0) is 18.7. The highest BCUT2D eigenvalue weighted by Gasteiger charge is 2.61. The minimum Gasteiger partial charge on any atom is -0.477 e. The molecule has 0 spiro atoms. The normalized spacial score (nSPS) is 35.4. The van der Waals surface area contributed by atoms with Crippen LogP contribution in [0.5, 0.6) is 0 Å². The summed E-state index contributed by atoms with van der Waals surface area (Å²) in [5.41, 5.74) is 6.28. The van der Waals surface area contributed by atoms with Crippen molar-refractivity contribution < 1.29 is 45.0 Å². The van der Waals surface area contributed by atoms with Crippen LogP contribution in [0.2, 0.25) is 0 Å². The average Bonchev–Trinajstić information content (AvgIpc) is 2.49. The number of hydrogen-bond acceptors (Lipinski definition) is 9. The highest BCUT2D eigenvalue weighted by atomic mass is 16.7. The topological polar surface area (TPSA) is 226 Å². The minimum atomic E-state index is -2.99. The molecule has 0 aromatic rings. The molecule has 1 unspecified atom stereocenters. The summed E-state index contributed by atoms with van der Waals surface area (Å²) in [6.07, 6.45) is -9.16. The van der Waals surface area contributed by atoms with Gasteiger partial charge in [0, 0.05) is 18.3 Å². The van der Waals surface area contributed by atoms with E-state index in [2.05, 4.69) is 10.0 Å². The van der Waals surface area contributed by atoms with E-state index in [4.69, 9.17) is 20.5 Å². The third-order valence-corrected chi connectivity index (χ3v) is 3.55. The van der Waals surface area contributed by atoms with Crippen LogP contribution in [0.25, 0.3) is 10.4 Å². The van der Waals surface area contributed by atoms with E-state index in [1.54, 1.807) is 0 Å². The zero-order valence-corrected chi connectivity index (χ0v) is 12.5. The van der Waals surface area contributed by atoms with Gasteiger partial charge in [-0.25, -0.2) is 4.79 Å². The molecule has 1 aliphatic heterocycles. The maximum absolute atomic E-state index is 11.4. The fourth-order valence-electron chi connectivity index (χ4n) is 2.39. The number of aliphatic hydroxyl groups excluding tert-OH is 4. The van der Waals surface area contributed by atoms with Gasteiger partial charge in [0.2, 0.25) is 5.91 Å². The van der Waals surface area contributed by atoms with Gasteiger partial charge in [-0.1, -0.05) is 5.11 Å². The predicted molar refractivity (Wildman–Crippen MR) is 72.9 cm³/mol. The average molecular weight is 350 g/mol. The Kier molecular flexibility index (Phi) is 6.08. The number of ether oxygens (including phenoxy) is 1. The first-order valence-corrected chi connectivity index (χ1v) is 6.67. The molecule has 0 aliphatic carbocycles. The van der Waals surface area contributed by atoms with Gasteiger partial charge in [-0.05, 0) is 5.53 Å². The van der Waals surface area contributed by atoms with Crippen molar-refractivity contribution in [1.82, 2.24) is 5.32 Å². The van der Waals surface area contributed by atoms with Gasteiger partial charge < -0.3 is 40.7 Å². The highest BCUT2D eigenvalue weighted by Crippen LogP contribution is 2.38. The Morgan fingerprint density at radius 1 is 1.50 bits per heavy atom. The van der Waals surface area contributed by atoms with Crippen LogP contribution in [0.4, 0.5) is 0 Å². The first-order chi connectivity index (χ1) is 11.0. The Bertz CT molecular complexity index is 554. The van der Waals surface area contributed by atoms with Gasteiger partial charge in [0.05, 0.1) is 12.7 Å². The molecule has 1 aliphatic rings. The third-order valence-electron chi connectivity index (χ3n) is 3.55. The van der Waals surface area contributed by atoms with E-state index >= 15 is 0 Å². The number of hydrogen-bond donors (Lipinski definition) is 7. The van der Waals surface area contributed by atoms with E-state index in [1.165, 1.54) is 0 Å². The van der Waals surface area contributed by atoms with E-state index in [-0.39, 0.29) is 0 Å². The summed E-state index contributed by atoms with van der Waals surface area (Å²) in [5, 5.41) is 63.0. The molecule has 7 N–H and O–H groups in total. The Morgan fingerprint density at radius 3 is 2.50 bits per heavy atom. The van der Waals surface area contributed by atoms with E-state index in [1.807, 2.05) is 5.32 Å². The van der Waals surface area contributed by atoms with Crippen LogP contribution < -0.4 is 5.32 Å². The van der Waals surface area contributed by atoms with E-state index < -0.39 is 60.8 Å². The van der Waals surface area contributed by atoms with E-state index in [0.717, 1.165) is 6.92 Å². The first kappa shape index (κ1) is 20.1. The van der Waals surface area contributed by atoms with Crippen LogP contribution in [-0.4, -0.2) is 85.0 Å². The van der Waals surface area contributed by atoms with Gasteiger partial charge in [0.25, 0.3) is 5.79 Å². The van der Waals surface area contributed by atoms with Gasteiger partial charge in [-0.15, -0.1) is 0 Å². The van der Waals surface area contributed by atoms with Crippen molar-refractivity contribution in [2.45, 2.75) is 49.2 Å². The molecule has 136 valence electrons. The number of carboxylic acids is 1. The van der Waals surface area contributed by atoms with Gasteiger partial charge in [-0.3, -0.25) is 4.79 Å². The van der Waals surface area contributed by atoms with Crippen molar-refractivity contribution >= 4 is 11.9 Å². The molecule has 0 aromatic carbocycles. The van der Waals surface area contributed by atoms with E-state index in [0.29, 0.717) is 0 Å². The van der Waals surface area contributed by atoms with Crippen molar-refractivity contribution in [3.05, 3.63) is 10.4 Å². The standard InChI is InChI=1S/C11H18N4O9/c1-4(17)13-11(14-15-12)6(19)2-10(23,9(21)22)24-8(11)7(20)5(18)3-16/h5-8,16,18-20,23H,2-3H2,1H3,(H,13,17)(H,21,22)/t5-,6+,7?,8+,10-,11+/m1/s1. The number of nitrogens with one attached hydrogen (secondary N) is 1. The second kappa shape index (κ2) is 7.27. The molecule has 1 rings (SSSR count). The number of rotatable bonds is 6. The SMILES string of the molecule is CC(=O)N[C@]1(N=[N+]=[N-])[C@@H](O)C[C@](O)(C(=O)O)O[C@H]1C(O)[C@H](O)CO. The molecule has 1 saturated heterocycles. The number of azide groups is 1. The molecule has 24 heavy (non-hydrogen) atoms. The summed E-state index contributed by atoms with van der Waals surface area (Å²) < 4.78 is 4.86. The first-order valence-electron chi connectivity index (χ1n) is 6.67. The van der Waals surface area contributed by atoms with Crippen LogP contribution in [0.15, 0.2) is 5.11 Å². The molecule has 0 aromatic heterocycles. The fourth-order valence-corrected chi connectivity index (χ4v) is 2.39. The molecule has 13 nitrogen and oxygen atoms in total. The number of aliphatic carboxylic acids is 1. The summed E-state index contributed by atoms with van der Waals surface area (Å²) in [7, 11) is 0. The largest absolute Gasteiger partial charge is 0.477 e. The van der Waals surface area contributed by atoms with Gasteiger partial charge in [0.1, 0.15) is 18.3 Å². The number of amides is 1. The van der Waals surface area contributed by atoms with Crippen molar-refractivity contribution in [3.8, 4) is 0 Å². The summed E-state index contributed by atoms with van der Waals surface area (Å²) in [5.74, 6) is -5.76. The molecular formula is C11H18N4O9. The molecule has 1 heterocycles. The Balaban J connectivity index is 3.48. The molecule has 0 bridgehead atoms. The number of nitrogens with zero attached hydrogens (tertiary/aromatic N) is 3. The Morgan fingerprint density at radius 2 is 2.08 bits per heavy atom. The lowest BCUT2D eigenvalue weighted by Gasteiger charge is -2.50. The van der Waals surface area contributed by atoms with Gasteiger partial charge in [0.15, 0.2) is 5.66 Å². The maximum Gasteiger partial charge on any atom is 0.364 e. The second-order valence-corrected chi connectivity index (χ2v) is 5.28. The summed E-state index contributed by atoms with van der Waals surface area (Å²) >= 11 is 0. The highest BCUT2D eigenvalue weighted by molar-refractivity contribution is 5.76. The lowest BCUT2D eigenvalue weighted by molar-refractivity contribution is -0.310. The van der Waals surface area contributed by atoms with Crippen molar-refractivity contribution in [1.29, 1.82) is 0 Å². The number of aliphatic hydroxyl groups is 5. The molecule has 1 amide bonds. The van der Waals surface area contributed by atoms with Gasteiger partial charge >= 0.3 is 5.97 Å². The number of carbonyl (C=O) groups excluding carboxylic acids is 1. The molecule has 0 radical (unpaired) electrons. The summed E-state index contributed by atoms with van der Waals surface area (Å²) in [4.78, 5) is 25.0. The Labute approximate surface area is 134 Å². The fraction of sp³-hybridized carbons (Fsp3) is 0.818. The van der Waals surface area contributed by atoms with Gasteiger partial charge in [-0.2, -0.15) is 0 Å². The van der Waals surface area contributed by atoms with Crippen LogP contribution >= 0.6 is 0 Å². The lowest BCUT2D eigenvalue weighted by atomic mass is 9.83. The smallest absolute Gasteiger partial charge is 0.364 e. The molecule has 6 atom stereocenters. The molecular weight excluding hydrogens is 332 g/mol. The second-order valence-electron chi connectivity index (χ2n) is 5.28. The van der Waals surface area contributed by atoms with Crippen molar-refractivity contribution in [2.75, 3.05) is 6.61 Å². The van der Waals surface area contributed by atoms with Crippen LogP contribution in [0, 0.1) is 0 Å². The van der Waals surface area contributed by atoms with E-state index in [9.17, 15) is 30.0 Å². The third kappa shape index (κ3) is 3.57. The lowest BCUT2D eigenvalue weighted by Crippen LogP contribution is -2.74. The minimum absolute atomic E-state index is 0.846. The Hall–Kier alpha value is -1.99. The van der Waals surface area contributed by atoms with Crippen LogP contribution in [0.1, 0.15) is 13.3 Å². The van der Waals surface area contributed by atoms with Crippen molar-refractivity contribution in [2.24, 2.45) is 5.11 Å². The predicted octanol–water partition coefficient (Wildman–Crippen LogP) is -3.23. The van der Waals surface area contributed by atoms with Crippen LogP contribution in [-0.2, 0) is 14.3 Å². The van der Waals surface area contributed by atoms with Crippen LogP contribution in [0.3, 0.4) is 0 Å². The molecule has 13 heteroatoms. The van der Waals surface area contributed by atoms with Crippen molar-refractivity contribution in [3.63, 3.8) is 0 Å². The number of carbonyl (C=O) groups is 2. The summed E-state index contributed by atoms with van der Waals surface area (Å²) in [6.45, 7) is -0.0275. The molecule has 0 saturated carbocycles.